The summed E-state index contributed by atoms with van der Waals surface area (Å²) in [5.74, 6) is 0.396. The maximum absolute atomic E-state index is 13.2. The Hall–Kier alpha value is -2.59. The summed E-state index contributed by atoms with van der Waals surface area (Å²) in [5.41, 5.74) is 8.88. The first kappa shape index (κ1) is 26.5. The summed E-state index contributed by atoms with van der Waals surface area (Å²) >= 11 is 1.68. The predicted molar refractivity (Wildman–Crippen MR) is 141 cm³/mol. The Morgan fingerprint density at radius 3 is 2.42 bits per heavy atom. The maximum atomic E-state index is 13.2. The van der Waals surface area contributed by atoms with Crippen molar-refractivity contribution in [1.82, 2.24) is 14.6 Å². The minimum absolute atomic E-state index is 0.380. The van der Waals surface area contributed by atoms with E-state index in [1.54, 1.807) is 18.9 Å². The molecule has 9 heteroatoms. The minimum atomic E-state index is -4.37. The molecular formula is C27H32F3N5S. The second-order valence-electron chi connectivity index (χ2n) is 8.90. The Bertz CT molecular complexity index is 1130. The lowest BCUT2D eigenvalue weighted by atomic mass is 10.0. The number of hydrogen-bond acceptors (Lipinski definition) is 6. The first-order valence-corrected chi connectivity index (χ1v) is 12.9. The molecule has 192 valence electrons. The molecule has 0 aliphatic carbocycles. The van der Waals surface area contributed by atoms with Crippen molar-refractivity contribution >= 4 is 17.8 Å². The molecular weight excluding hydrogens is 483 g/mol. The number of anilines is 1. The third-order valence-electron chi connectivity index (χ3n) is 6.07. The van der Waals surface area contributed by atoms with Crippen molar-refractivity contribution in [1.29, 1.82) is 0 Å². The zero-order chi connectivity index (χ0) is 25.5. The largest absolute Gasteiger partial charge is 0.416 e. The van der Waals surface area contributed by atoms with E-state index in [2.05, 4.69) is 63.1 Å². The number of benzene rings is 2. The number of hydrogen-bond donors (Lipinski definition) is 2. The number of aromatic nitrogens is 1. The van der Waals surface area contributed by atoms with Crippen LogP contribution < -0.4 is 16.0 Å². The van der Waals surface area contributed by atoms with E-state index < -0.39 is 11.7 Å². The highest BCUT2D eigenvalue weighted by molar-refractivity contribution is 7.97. The van der Waals surface area contributed by atoms with Crippen LogP contribution in [0.2, 0.25) is 0 Å². The topological polar surface area (TPSA) is 57.4 Å². The van der Waals surface area contributed by atoms with Gasteiger partial charge in [0, 0.05) is 43.3 Å². The fourth-order valence-electron chi connectivity index (χ4n) is 4.16. The third kappa shape index (κ3) is 7.22. The van der Waals surface area contributed by atoms with Crippen molar-refractivity contribution in [2.45, 2.75) is 31.0 Å². The van der Waals surface area contributed by atoms with Crippen LogP contribution in [-0.4, -0.2) is 48.6 Å². The van der Waals surface area contributed by atoms with Gasteiger partial charge in [0.05, 0.1) is 5.56 Å². The van der Waals surface area contributed by atoms with Crippen molar-refractivity contribution in [2.75, 3.05) is 44.2 Å². The van der Waals surface area contributed by atoms with Crippen LogP contribution in [0.5, 0.6) is 0 Å². The van der Waals surface area contributed by atoms with Gasteiger partial charge in [-0.05, 0) is 85.4 Å². The van der Waals surface area contributed by atoms with Crippen LogP contribution in [0.1, 0.15) is 23.2 Å². The Kier molecular flexibility index (Phi) is 8.90. The van der Waals surface area contributed by atoms with E-state index in [-0.39, 0.29) is 0 Å². The zero-order valence-corrected chi connectivity index (χ0v) is 21.2. The van der Waals surface area contributed by atoms with E-state index in [1.807, 2.05) is 4.90 Å². The molecule has 0 spiro atoms. The molecule has 3 N–H and O–H groups in total. The lowest BCUT2D eigenvalue weighted by Crippen LogP contribution is -2.43. The molecule has 0 radical (unpaired) electrons. The summed E-state index contributed by atoms with van der Waals surface area (Å²) in [6.07, 6.45) is -3.40. The molecule has 1 aromatic heterocycles. The van der Waals surface area contributed by atoms with Crippen LogP contribution in [0.25, 0.3) is 11.1 Å². The summed E-state index contributed by atoms with van der Waals surface area (Å²) in [6, 6.07) is 19.3. The van der Waals surface area contributed by atoms with Gasteiger partial charge < -0.3 is 16.0 Å². The quantitative estimate of drug-likeness (QED) is 0.296. The molecule has 0 bridgehead atoms. The van der Waals surface area contributed by atoms with Gasteiger partial charge in [-0.1, -0.05) is 30.3 Å². The number of nitrogens with two attached hydrogens (primary N) is 1. The lowest BCUT2D eigenvalue weighted by molar-refractivity contribution is -0.137. The standard InChI is InChI=1S/C27H32F3N5S/c1-20-16-24(27(28,29)30)18-26(33-20)34-12-14-35(15-13-34)36-25-8-6-22(7-9-25)23-5-2-4-21(17-23)19-32-11-3-10-31/h2,4-9,16-18,32H,3,10-15,19,31H2,1H3. The molecule has 1 aliphatic rings. The number of pyridine rings is 1. The first-order chi connectivity index (χ1) is 17.3. The number of nitrogens with one attached hydrogen (secondary N) is 1. The smallest absolute Gasteiger partial charge is 0.354 e. The summed E-state index contributed by atoms with van der Waals surface area (Å²) in [6.45, 7) is 6.77. The molecule has 2 aromatic carbocycles. The van der Waals surface area contributed by atoms with Crippen LogP contribution in [0.4, 0.5) is 19.0 Å². The van der Waals surface area contributed by atoms with Gasteiger partial charge in [0.15, 0.2) is 0 Å². The van der Waals surface area contributed by atoms with Gasteiger partial charge in [-0.3, -0.25) is 0 Å². The van der Waals surface area contributed by atoms with Gasteiger partial charge in [-0.15, -0.1) is 0 Å². The molecule has 1 saturated heterocycles. The van der Waals surface area contributed by atoms with Crippen LogP contribution in [0.15, 0.2) is 65.6 Å². The van der Waals surface area contributed by atoms with Crippen molar-refractivity contribution in [3.8, 4) is 11.1 Å². The van der Waals surface area contributed by atoms with Crippen molar-refractivity contribution < 1.29 is 13.2 Å². The Labute approximate surface area is 215 Å². The van der Waals surface area contributed by atoms with Crippen molar-refractivity contribution in [3.05, 3.63) is 77.5 Å². The monoisotopic (exact) mass is 515 g/mol. The average molecular weight is 516 g/mol. The normalized spacial score (nSPS) is 14.9. The minimum Gasteiger partial charge on any atom is -0.354 e. The highest BCUT2D eigenvalue weighted by atomic mass is 32.2. The third-order valence-corrected chi connectivity index (χ3v) is 7.17. The van der Waals surface area contributed by atoms with Crippen LogP contribution in [0, 0.1) is 6.92 Å². The molecule has 2 heterocycles. The highest BCUT2D eigenvalue weighted by Gasteiger charge is 2.32. The Morgan fingerprint density at radius 1 is 0.972 bits per heavy atom. The predicted octanol–water partition coefficient (Wildman–Crippen LogP) is 5.34. The van der Waals surface area contributed by atoms with Gasteiger partial charge in [0.25, 0.3) is 0 Å². The van der Waals surface area contributed by atoms with Crippen molar-refractivity contribution in [2.24, 2.45) is 5.73 Å². The molecule has 0 saturated carbocycles. The number of piperazine rings is 1. The molecule has 0 unspecified atom stereocenters. The molecule has 36 heavy (non-hydrogen) atoms. The second kappa shape index (κ2) is 12.1. The van der Waals surface area contributed by atoms with Gasteiger partial charge in [-0.25, -0.2) is 9.29 Å². The van der Waals surface area contributed by atoms with E-state index in [0.29, 0.717) is 31.1 Å². The molecule has 0 atom stereocenters. The summed E-state index contributed by atoms with van der Waals surface area (Å²) in [7, 11) is 0. The van der Waals surface area contributed by atoms with Gasteiger partial charge >= 0.3 is 6.18 Å². The molecule has 0 amide bonds. The number of halogens is 3. The number of alkyl halides is 3. The van der Waals surface area contributed by atoms with E-state index in [4.69, 9.17) is 5.73 Å². The van der Waals surface area contributed by atoms with Gasteiger partial charge in [0.1, 0.15) is 5.82 Å². The summed E-state index contributed by atoms with van der Waals surface area (Å²) in [5, 5.41) is 3.42. The fraction of sp³-hybridized carbons (Fsp3) is 0.370. The number of aryl methyl sites for hydroxylation is 1. The second-order valence-corrected chi connectivity index (χ2v) is 10.1. The molecule has 5 nitrogen and oxygen atoms in total. The molecule has 1 aliphatic heterocycles. The zero-order valence-electron chi connectivity index (χ0n) is 20.4. The van der Waals surface area contributed by atoms with Crippen LogP contribution in [0.3, 0.4) is 0 Å². The van der Waals surface area contributed by atoms with Crippen molar-refractivity contribution in [3.63, 3.8) is 0 Å². The molecule has 1 fully saturated rings. The molecule has 3 aromatic rings. The van der Waals surface area contributed by atoms with Gasteiger partial charge in [-0.2, -0.15) is 13.2 Å². The average Bonchev–Trinajstić information content (AvgIpc) is 2.87. The van der Waals surface area contributed by atoms with E-state index >= 15 is 0 Å². The van der Waals surface area contributed by atoms with E-state index in [1.165, 1.54) is 16.7 Å². The maximum Gasteiger partial charge on any atom is 0.416 e. The van der Waals surface area contributed by atoms with Gasteiger partial charge in [0.2, 0.25) is 0 Å². The number of rotatable bonds is 9. The fourth-order valence-corrected chi connectivity index (χ4v) is 5.06. The highest BCUT2D eigenvalue weighted by Crippen LogP contribution is 2.33. The summed E-state index contributed by atoms with van der Waals surface area (Å²) < 4.78 is 41.8. The van der Waals surface area contributed by atoms with Crippen LogP contribution >= 0.6 is 11.9 Å². The Morgan fingerprint density at radius 2 is 1.72 bits per heavy atom. The van der Waals surface area contributed by atoms with Crippen LogP contribution in [-0.2, 0) is 12.7 Å². The number of nitrogens with zero attached hydrogens (tertiary/aromatic N) is 3. The summed E-state index contributed by atoms with van der Waals surface area (Å²) in [4.78, 5) is 7.41. The Balaban J connectivity index is 1.32. The lowest BCUT2D eigenvalue weighted by Gasteiger charge is -2.35. The first-order valence-electron chi connectivity index (χ1n) is 12.2. The SMILES string of the molecule is Cc1cc(C(F)(F)F)cc(N2CCN(Sc3ccc(-c4cccc(CNCCCN)c4)cc3)CC2)n1. The van der Waals surface area contributed by atoms with E-state index in [0.717, 1.165) is 49.6 Å². The molecule has 4 rings (SSSR count). The van der Waals surface area contributed by atoms with E-state index in [9.17, 15) is 13.2 Å².